The summed E-state index contributed by atoms with van der Waals surface area (Å²) < 4.78 is 22.3. The van der Waals surface area contributed by atoms with Gasteiger partial charge < -0.3 is 0 Å². The van der Waals surface area contributed by atoms with E-state index in [0.29, 0.717) is 11.3 Å². The number of anilines is 1. The Bertz CT molecular complexity index is 814. The van der Waals surface area contributed by atoms with Crippen molar-refractivity contribution in [2.75, 3.05) is 4.90 Å². The van der Waals surface area contributed by atoms with Gasteiger partial charge in [0.25, 0.3) is 0 Å². The third kappa shape index (κ3) is 2.48. The lowest BCUT2D eigenvalue weighted by atomic mass is 9.63. The van der Waals surface area contributed by atoms with E-state index in [2.05, 4.69) is 12.2 Å². The number of benzene rings is 1. The predicted molar refractivity (Wildman–Crippen MR) is 89.7 cm³/mol. The van der Waals surface area contributed by atoms with Crippen LogP contribution in [0.2, 0.25) is 0 Å². The second-order valence-electron chi connectivity index (χ2n) is 6.70. The molecule has 2 amide bonds. The van der Waals surface area contributed by atoms with Crippen LogP contribution < -0.4 is 4.90 Å². The number of nitrogens with zero attached hydrogens (tertiary/aromatic N) is 1. The van der Waals surface area contributed by atoms with Crippen molar-refractivity contribution in [3.63, 3.8) is 0 Å². The van der Waals surface area contributed by atoms with Gasteiger partial charge in [-0.3, -0.25) is 14.5 Å². The van der Waals surface area contributed by atoms with Gasteiger partial charge >= 0.3 is 0 Å². The average Bonchev–Trinajstić information content (AvgIpc) is 2.82. The normalized spacial score (nSPS) is 31.6. The second-order valence-corrected chi connectivity index (χ2v) is 9.48. The molecule has 1 saturated carbocycles. The fourth-order valence-corrected chi connectivity index (χ4v) is 5.24. The van der Waals surface area contributed by atoms with Crippen molar-refractivity contribution in [1.82, 2.24) is 0 Å². The molecule has 1 heterocycles. The number of imide groups is 1. The highest BCUT2D eigenvalue weighted by molar-refractivity contribution is 8.13. The van der Waals surface area contributed by atoms with Crippen molar-refractivity contribution in [2.24, 2.45) is 23.7 Å². The monoisotopic (exact) mass is 365 g/mol. The summed E-state index contributed by atoms with van der Waals surface area (Å²) in [4.78, 5) is 26.9. The molecule has 24 heavy (non-hydrogen) atoms. The zero-order valence-electron chi connectivity index (χ0n) is 12.8. The van der Waals surface area contributed by atoms with Crippen LogP contribution in [-0.2, 0) is 24.4 Å². The van der Waals surface area contributed by atoms with E-state index in [9.17, 15) is 18.0 Å². The molecule has 5 rings (SSSR count). The van der Waals surface area contributed by atoms with Crippen molar-refractivity contribution in [3.05, 3.63) is 42.0 Å². The van der Waals surface area contributed by atoms with Crippen LogP contribution >= 0.6 is 10.7 Å². The maximum absolute atomic E-state index is 12.8. The second kappa shape index (κ2) is 5.43. The molecule has 0 radical (unpaired) electrons. The lowest BCUT2D eigenvalue weighted by Crippen LogP contribution is -2.38. The molecule has 0 aromatic heterocycles. The van der Waals surface area contributed by atoms with E-state index in [4.69, 9.17) is 10.7 Å². The van der Waals surface area contributed by atoms with Crippen molar-refractivity contribution in [3.8, 4) is 0 Å². The standard InChI is InChI=1S/C17H16ClNO4S/c18-24(22,23)9-10-1-7-13(8-2-10)19-16(20)14-11-3-4-12(6-5-11)15(14)17(19)21/h1-4,7-8,11-12,14-15H,5-6,9H2. The van der Waals surface area contributed by atoms with Gasteiger partial charge in [0.2, 0.25) is 20.9 Å². The molecule has 2 fully saturated rings. The predicted octanol–water partition coefficient (Wildman–Crippen LogP) is 2.46. The number of halogens is 1. The molecule has 0 spiro atoms. The Labute approximate surface area is 144 Å². The Morgan fingerprint density at radius 3 is 1.88 bits per heavy atom. The molecule has 126 valence electrons. The molecule has 1 saturated heterocycles. The number of carbonyl (C=O) groups excluding carboxylic acids is 2. The van der Waals surface area contributed by atoms with Gasteiger partial charge in [-0.1, -0.05) is 24.3 Å². The van der Waals surface area contributed by atoms with Crippen molar-refractivity contribution >= 4 is 37.2 Å². The zero-order valence-corrected chi connectivity index (χ0v) is 14.3. The minimum absolute atomic E-state index is 0.137. The summed E-state index contributed by atoms with van der Waals surface area (Å²) in [5, 5.41) is 0. The molecular formula is C17H16ClNO4S. The van der Waals surface area contributed by atoms with Gasteiger partial charge in [-0.15, -0.1) is 0 Å². The summed E-state index contributed by atoms with van der Waals surface area (Å²) in [7, 11) is 1.61. The fraction of sp³-hybridized carbons (Fsp3) is 0.412. The smallest absolute Gasteiger partial charge is 0.238 e. The summed E-state index contributed by atoms with van der Waals surface area (Å²) in [6, 6.07) is 6.40. The van der Waals surface area contributed by atoms with Crippen LogP contribution in [0, 0.1) is 23.7 Å². The summed E-state index contributed by atoms with van der Waals surface area (Å²) in [6.07, 6.45) is 6.08. The summed E-state index contributed by atoms with van der Waals surface area (Å²) >= 11 is 0. The lowest BCUT2D eigenvalue weighted by Gasteiger charge is -2.38. The minimum Gasteiger partial charge on any atom is -0.274 e. The van der Waals surface area contributed by atoms with E-state index in [1.165, 1.54) is 4.90 Å². The first kappa shape index (κ1) is 15.8. The van der Waals surface area contributed by atoms with E-state index in [1.807, 2.05) is 0 Å². The van der Waals surface area contributed by atoms with Crippen molar-refractivity contribution < 1.29 is 18.0 Å². The maximum atomic E-state index is 12.8. The van der Waals surface area contributed by atoms with Gasteiger partial charge in [-0.25, -0.2) is 8.42 Å². The molecule has 7 heteroatoms. The van der Waals surface area contributed by atoms with Gasteiger partial charge in [-0.2, -0.15) is 0 Å². The van der Waals surface area contributed by atoms with E-state index in [-0.39, 0.29) is 41.2 Å². The Morgan fingerprint density at radius 1 is 0.958 bits per heavy atom. The SMILES string of the molecule is O=C1C2C3C=CC(CC3)C2C(=O)N1c1ccc(CS(=O)(=O)Cl)cc1. The summed E-state index contributed by atoms with van der Waals surface area (Å²) in [5.74, 6) is -0.739. The van der Waals surface area contributed by atoms with Gasteiger partial charge in [0.1, 0.15) is 0 Å². The quantitative estimate of drug-likeness (QED) is 0.468. The van der Waals surface area contributed by atoms with Crippen LogP contribution in [-0.4, -0.2) is 20.2 Å². The van der Waals surface area contributed by atoms with Crippen LogP contribution in [0.4, 0.5) is 5.69 Å². The van der Waals surface area contributed by atoms with Crippen molar-refractivity contribution in [2.45, 2.75) is 18.6 Å². The number of carbonyl (C=O) groups is 2. The largest absolute Gasteiger partial charge is 0.274 e. The van der Waals surface area contributed by atoms with Crippen molar-refractivity contribution in [1.29, 1.82) is 0 Å². The van der Waals surface area contributed by atoms with Gasteiger partial charge in [0, 0.05) is 10.7 Å². The average molecular weight is 366 g/mol. The molecule has 4 unspecified atom stereocenters. The first-order valence-electron chi connectivity index (χ1n) is 7.92. The molecule has 5 nitrogen and oxygen atoms in total. The molecule has 1 aromatic rings. The van der Waals surface area contributed by atoms with Gasteiger partial charge in [0.15, 0.2) is 0 Å². The third-order valence-electron chi connectivity index (χ3n) is 5.29. The highest BCUT2D eigenvalue weighted by Gasteiger charge is 2.56. The topological polar surface area (TPSA) is 71.5 Å². The molecule has 1 aromatic carbocycles. The third-order valence-corrected chi connectivity index (χ3v) is 6.30. The number of rotatable bonds is 3. The summed E-state index contributed by atoms with van der Waals surface area (Å²) in [6.45, 7) is 0. The highest BCUT2D eigenvalue weighted by atomic mass is 35.7. The van der Waals surface area contributed by atoms with E-state index < -0.39 is 9.05 Å². The van der Waals surface area contributed by atoms with E-state index in [1.54, 1.807) is 24.3 Å². The molecule has 2 bridgehead atoms. The van der Waals surface area contributed by atoms with Crippen LogP contribution in [0.1, 0.15) is 18.4 Å². The van der Waals surface area contributed by atoms with Crippen LogP contribution in [0.25, 0.3) is 0 Å². The molecule has 0 N–H and O–H groups in total. The van der Waals surface area contributed by atoms with Gasteiger partial charge in [-0.05, 0) is 42.4 Å². The number of hydrogen-bond donors (Lipinski definition) is 0. The van der Waals surface area contributed by atoms with Crippen LogP contribution in [0.5, 0.6) is 0 Å². The number of allylic oxidation sites excluding steroid dienone is 2. The molecular weight excluding hydrogens is 350 g/mol. The minimum atomic E-state index is -3.64. The number of fused-ring (bicyclic) bond motifs is 1. The Balaban J connectivity index is 1.63. The first-order valence-corrected chi connectivity index (χ1v) is 10.4. The molecule has 1 aliphatic heterocycles. The summed E-state index contributed by atoms with van der Waals surface area (Å²) in [5.41, 5.74) is 1.02. The van der Waals surface area contributed by atoms with E-state index >= 15 is 0 Å². The van der Waals surface area contributed by atoms with Gasteiger partial charge in [0.05, 0.1) is 23.3 Å². The Kier molecular flexibility index (Phi) is 3.58. The first-order chi connectivity index (χ1) is 11.3. The number of amides is 2. The molecule has 4 aliphatic rings. The zero-order chi connectivity index (χ0) is 17.1. The molecule has 3 aliphatic carbocycles. The van der Waals surface area contributed by atoms with Crippen LogP contribution in [0.3, 0.4) is 0 Å². The highest BCUT2D eigenvalue weighted by Crippen LogP contribution is 2.50. The Hall–Kier alpha value is -1.66. The molecule has 4 atom stereocenters. The Morgan fingerprint density at radius 2 is 1.46 bits per heavy atom. The maximum Gasteiger partial charge on any atom is 0.238 e. The fourth-order valence-electron chi connectivity index (χ4n) is 4.27. The lowest BCUT2D eigenvalue weighted by molar-refractivity contribution is -0.124. The number of hydrogen-bond acceptors (Lipinski definition) is 4. The van der Waals surface area contributed by atoms with Crippen LogP contribution in [0.15, 0.2) is 36.4 Å². The van der Waals surface area contributed by atoms with E-state index in [0.717, 1.165) is 12.8 Å².